The molecule has 0 aromatic heterocycles. The SMILES string of the molecule is Cc1ccc(S(=O)(=O)OCC2OC[C@H](OC(=O)c3ccccc3)[C@@H](OC(=O)c3ccccc3)[C@H]2OC(=O)c2ccccc2)cc1. The zero-order valence-electron chi connectivity index (χ0n) is 24.2. The minimum absolute atomic E-state index is 0.0801. The van der Waals surface area contributed by atoms with Crippen LogP contribution in [0.5, 0.6) is 0 Å². The van der Waals surface area contributed by atoms with E-state index in [9.17, 15) is 22.8 Å². The zero-order valence-corrected chi connectivity index (χ0v) is 25.0. The summed E-state index contributed by atoms with van der Waals surface area (Å²) in [5.41, 5.74) is 1.47. The summed E-state index contributed by atoms with van der Waals surface area (Å²) in [7, 11) is -4.25. The van der Waals surface area contributed by atoms with E-state index in [1.807, 2.05) is 6.92 Å². The molecule has 0 amide bonds. The minimum Gasteiger partial charge on any atom is -0.452 e. The topological polar surface area (TPSA) is 132 Å². The van der Waals surface area contributed by atoms with Crippen molar-refractivity contribution in [3.05, 3.63) is 138 Å². The van der Waals surface area contributed by atoms with Gasteiger partial charge in [0.15, 0.2) is 18.3 Å². The zero-order chi connectivity index (χ0) is 31.8. The van der Waals surface area contributed by atoms with Crippen molar-refractivity contribution in [1.82, 2.24) is 0 Å². The highest BCUT2D eigenvalue weighted by Crippen LogP contribution is 2.28. The first kappa shape index (κ1) is 31.6. The van der Waals surface area contributed by atoms with Gasteiger partial charge in [-0.1, -0.05) is 72.3 Å². The van der Waals surface area contributed by atoms with Crippen LogP contribution in [0, 0.1) is 6.92 Å². The number of esters is 3. The van der Waals surface area contributed by atoms with E-state index in [2.05, 4.69) is 0 Å². The summed E-state index contributed by atoms with van der Waals surface area (Å²) in [4.78, 5) is 39.5. The van der Waals surface area contributed by atoms with Crippen molar-refractivity contribution in [2.45, 2.75) is 36.2 Å². The second kappa shape index (κ2) is 14.3. The average molecular weight is 631 g/mol. The summed E-state index contributed by atoms with van der Waals surface area (Å²) in [6.07, 6.45) is -5.31. The third-order valence-electron chi connectivity index (χ3n) is 7.00. The molecular weight excluding hydrogens is 600 g/mol. The van der Waals surface area contributed by atoms with Crippen LogP contribution < -0.4 is 0 Å². The van der Waals surface area contributed by atoms with Crippen LogP contribution in [-0.4, -0.2) is 64.0 Å². The first-order valence-electron chi connectivity index (χ1n) is 14.1. The Bertz CT molecular complexity index is 1710. The largest absolute Gasteiger partial charge is 0.452 e. The van der Waals surface area contributed by atoms with Gasteiger partial charge in [-0.05, 0) is 55.5 Å². The summed E-state index contributed by atoms with van der Waals surface area (Å²) in [6.45, 7) is 0.904. The van der Waals surface area contributed by atoms with Crippen LogP contribution in [0.1, 0.15) is 36.6 Å². The minimum atomic E-state index is -4.25. The number of benzene rings is 4. The number of carbonyl (C=O) groups is 3. The van der Waals surface area contributed by atoms with Gasteiger partial charge in [-0.3, -0.25) is 4.18 Å². The van der Waals surface area contributed by atoms with Crippen LogP contribution in [0.25, 0.3) is 0 Å². The van der Waals surface area contributed by atoms with Gasteiger partial charge in [-0.2, -0.15) is 8.42 Å². The second-order valence-electron chi connectivity index (χ2n) is 10.2. The normalized spacial score (nSPS) is 19.7. The molecule has 4 atom stereocenters. The Balaban J connectivity index is 1.46. The third-order valence-corrected chi connectivity index (χ3v) is 8.30. The molecule has 1 heterocycles. The molecule has 5 rings (SSSR count). The van der Waals surface area contributed by atoms with E-state index in [0.29, 0.717) is 0 Å². The number of hydrogen-bond donors (Lipinski definition) is 0. The predicted octanol–water partition coefficient (Wildman–Crippen LogP) is 4.78. The number of hydrogen-bond acceptors (Lipinski definition) is 10. The quantitative estimate of drug-likeness (QED) is 0.137. The first-order chi connectivity index (χ1) is 21.7. The Hall–Kier alpha value is -4.84. The van der Waals surface area contributed by atoms with Crippen molar-refractivity contribution in [2.24, 2.45) is 0 Å². The van der Waals surface area contributed by atoms with Crippen LogP contribution in [0.4, 0.5) is 0 Å². The Labute approximate surface area is 260 Å². The molecule has 11 heteroatoms. The molecule has 0 aliphatic carbocycles. The van der Waals surface area contributed by atoms with Gasteiger partial charge in [0.2, 0.25) is 0 Å². The maximum Gasteiger partial charge on any atom is 0.338 e. The molecule has 0 N–H and O–H groups in total. The lowest BCUT2D eigenvalue weighted by Gasteiger charge is -2.40. The number of rotatable bonds is 10. The molecule has 1 saturated heterocycles. The Morgan fingerprint density at radius 1 is 0.644 bits per heavy atom. The summed E-state index contributed by atoms with van der Waals surface area (Å²) in [5, 5.41) is 0. The highest BCUT2D eigenvalue weighted by Gasteiger charge is 2.48. The number of ether oxygens (including phenoxy) is 4. The molecule has 0 saturated carbocycles. The van der Waals surface area contributed by atoms with Gasteiger partial charge in [0.05, 0.1) is 34.8 Å². The summed E-state index contributed by atoms with van der Waals surface area (Å²) in [6, 6.07) is 30.4. The fraction of sp³-hybridized carbons (Fsp3) is 0.206. The van der Waals surface area contributed by atoms with E-state index in [-0.39, 0.29) is 28.2 Å². The van der Waals surface area contributed by atoms with Crippen LogP contribution >= 0.6 is 0 Å². The van der Waals surface area contributed by atoms with E-state index in [4.69, 9.17) is 23.1 Å². The molecular formula is C34H30O10S. The third kappa shape index (κ3) is 8.01. The van der Waals surface area contributed by atoms with Crippen molar-refractivity contribution in [3.8, 4) is 0 Å². The van der Waals surface area contributed by atoms with Gasteiger partial charge in [0.1, 0.15) is 6.10 Å². The summed E-state index contributed by atoms with van der Waals surface area (Å²) < 4.78 is 54.7. The lowest BCUT2D eigenvalue weighted by Crippen LogP contribution is -2.59. The molecule has 1 unspecified atom stereocenters. The van der Waals surface area contributed by atoms with Crippen molar-refractivity contribution < 1.29 is 45.9 Å². The van der Waals surface area contributed by atoms with E-state index < -0.39 is 59.0 Å². The predicted molar refractivity (Wildman–Crippen MR) is 161 cm³/mol. The van der Waals surface area contributed by atoms with Crippen molar-refractivity contribution in [2.75, 3.05) is 13.2 Å². The van der Waals surface area contributed by atoms with Crippen LogP contribution in [-0.2, 0) is 33.2 Å². The summed E-state index contributed by atoms with van der Waals surface area (Å²) in [5.74, 6) is -2.31. The Morgan fingerprint density at radius 3 is 1.58 bits per heavy atom. The maximum atomic E-state index is 13.3. The molecule has 45 heavy (non-hydrogen) atoms. The standard InChI is InChI=1S/C34H30O10S/c1-23-17-19-27(20-18-23)45(38,39)41-22-28-30(43-33(36)25-13-7-3-8-14-25)31(44-34(37)26-15-9-4-10-16-26)29(21-40-28)42-32(35)24-11-5-2-6-12-24/h2-20,28-31H,21-22H2,1H3/t28?,29-,30-,31+/m0/s1. The smallest absolute Gasteiger partial charge is 0.338 e. The Kier molecular flexibility index (Phi) is 10.0. The van der Waals surface area contributed by atoms with Gasteiger partial charge in [0.25, 0.3) is 10.1 Å². The molecule has 0 bridgehead atoms. The number of carbonyl (C=O) groups excluding carboxylic acids is 3. The average Bonchev–Trinajstić information content (AvgIpc) is 3.07. The van der Waals surface area contributed by atoms with Crippen LogP contribution in [0.2, 0.25) is 0 Å². The first-order valence-corrected chi connectivity index (χ1v) is 15.5. The second-order valence-corrected chi connectivity index (χ2v) is 11.8. The van der Waals surface area contributed by atoms with Gasteiger partial charge in [0, 0.05) is 0 Å². The molecule has 1 aliphatic heterocycles. The van der Waals surface area contributed by atoms with Gasteiger partial charge < -0.3 is 18.9 Å². The van der Waals surface area contributed by atoms with Crippen molar-refractivity contribution >= 4 is 28.0 Å². The van der Waals surface area contributed by atoms with Crippen molar-refractivity contribution in [3.63, 3.8) is 0 Å². The van der Waals surface area contributed by atoms with E-state index in [0.717, 1.165) is 5.56 Å². The summed E-state index contributed by atoms with van der Waals surface area (Å²) >= 11 is 0. The molecule has 0 spiro atoms. The monoisotopic (exact) mass is 630 g/mol. The van der Waals surface area contributed by atoms with Crippen LogP contribution in [0.3, 0.4) is 0 Å². The molecule has 1 aliphatic rings. The lowest BCUT2D eigenvalue weighted by atomic mass is 9.99. The number of aryl methyl sites for hydroxylation is 1. The highest BCUT2D eigenvalue weighted by atomic mass is 32.2. The highest BCUT2D eigenvalue weighted by molar-refractivity contribution is 7.86. The fourth-order valence-corrected chi connectivity index (χ4v) is 5.52. The van der Waals surface area contributed by atoms with Gasteiger partial charge in [-0.15, -0.1) is 0 Å². The van der Waals surface area contributed by atoms with Crippen molar-refractivity contribution in [1.29, 1.82) is 0 Å². The molecule has 10 nitrogen and oxygen atoms in total. The Morgan fingerprint density at radius 2 is 1.09 bits per heavy atom. The van der Waals surface area contributed by atoms with E-state index >= 15 is 0 Å². The molecule has 232 valence electrons. The van der Waals surface area contributed by atoms with Crippen LogP contribution in [0.15, 0.2) is 120 Å². The van der Waals surface area contributed by atoms with E-state index in [1.165, 1.54) is 36.4 Å². The van der Waals surface area contributed by atoms with Gasteiger partial charge in [-0.25, -0.2) is 14.4 Å². The van der Waals surface area contributed by atoms with E-state index in [1.54, 1.807) is 78.9 Å². The molecule has 0 radical (unpaired) electrons. The molecule has 1 fully saturated rings. The van der Waals surface area contributed by atoms with Gasteiger partial charge >= 0.3 is 17.9 Å². The maximum absolute atomic E-state index is 13.3. The molecule has 4 aromatic rings. The molecule has 4 aromatic carbocycles. The fourth-order valence-electron chi connectivity index (χ4n) is 4.60. The lowest BCUT2D eigenvalue weighted by molar-refractivity contribution is -0.195.